The molecule has 4 heteroatoms. The molecule has 0 radical (unpaired) electrons. The first kappa shape index (κ1) is 11.5. The third kappa shape index (κ3) is 2.79. The van der Waals surface area contributed by atoms with Crippen molar-refractivity contribution in [1.82, 2.24) is 15.3 Å². The van der Waals surface area contributed by atoms with E-state index in [0.717, 1.165) is 23.4 Å². The number of hydrogen-bond acceptors (Lipinski definition) is 4. The van der Waals surface area contributed by atoms with Crippen LogP contribution in [-0.4, -0.2) is 17.0 Å². The van der Waals surface area contributed by atoms with Crippen LogP contribution in [0.2, 0.25) is 0 Å². The highest BCUT2D eigenvalue weighted by Gasteiger charge is 2.13. The van der Waals surface area contributed by atoms with Crippen LogP contribution < -0.4 is 11.1 Å². The van der Waals surface area contributed by atoms with Crippen LogP contribution in [0.4, 0.5) is 5.69 Å². The maximum absolute atomic E-state index is 5.95. The Labute approximate surface area is 101 Å². The zero-order chi connectivity index (χ0) is 12.1. The van der Waals surface area contributed by atoms with Gasteiger partial charge in [0.25, 0.3) is 0 Å². The van der Waals surface area contributed by atoms with Crippen molar-refractivity contribution in [2.75, 3.05) is 12.8 Å². The fourth-order valence-corrected chi connectivity index (χ4v) is 1.80. The number of hydrogen-bond donors (Lipinski definition) is 2. The lowest BCUT2D eigenvalue weighted by Gasteiger charge is -2.17. The summed E-state index contributed by atoms with van der Waals surface area (Å²) in [6.45, 7) is 0. The minimum Gasteiger partial charge on any atom is -0.398 e. The van der Waals surface area contributed by atoms with Crippen LogP contribution >= 0.6 is 0 Å². The Balaban J connectivity index is 2.21. The molecule has 1 atom stereocenters. The number of nitrogens with zero attached hydrogens (tertiary/aromatic N) is 2. The van der Waals surface area contributed by atoms with Gasteiger partial charge in [0.05, 0.1) is 0 Å². The maximum atomic E-state index is 5.95. The van der Waals surface area contributed by atoms with E-state index in [-0.39, 0.29) is 6.04 Å². The van der Waals surface area contributed by atoms with E-state index in [1.54, 1.807) is 18.6 Å². The number of anilines is 1. The van der Waals surface area contributed by atoms with Crippen LogP contribution in [0.1, 0.15) is 17.3 Å². The largest absolute Gasteiger partial charge is 0.398 e. The van der Waals surface area contributed by atoms with Crippen LogP contribution in [0.25, 0.3) is 0 Å². The zero-order valence-corrected chi connectivity index (χ0v) is 9.80. The second-order valence-corrected chi connectivity index (χ2v) is 3.87. The predicted molar refractivity (Wildman–Crippen MR) is 68.4 cm³/mol. The van der Waals surface area contributed by atoms with Crippen molar-refractivity contribution in [2.45, 2.75) is 12.5 Å². The number of nitrogens with one attached hydrogen (secondary N) is 1. The molecular formula is C13H16N4. The minimum absolute atomic E-state index is 0.138. The molecular weight excluding hydrogens is 212 g/mol. The van der Waals surface area contributed by atoms with E-state index in [4.69, 9.17) is 5.73 Å². The molecule has 2 aromatic heterocycles. The summed E-state index contributed by atoms with van der Waals surface area (Å²) in [5.41, 5.74) is 8.76. The minimum atomic E-state index is 0.138. The number of pyridine rings is 2. The molecule has 4 nitrogen and oxygen atoms in total. The summed E-state index contributed by atoms with van der Waals surface area (Å²) >= 11 is 0. The third-order valence-corrected chi connectivity index (χ3v) is 2.75. The summed E-state index contributed by atoms with van der Waals surface area (Å²) in [5, 5.41) is 3.25. The molecule has 0 spiro atoms. The van der Waals surface area contributed by atoms with Crippen molar-refractivity contribution in [2.24, 2.45) is 0 Å². The van der Waals surface area contributed by atoms with Gasteiger partial charge < -0.3 is 11.1 Å². The van der Waals surface area contributed by atoms with Crippen molar-refractivity contribution in [1.29, 1.82) is 0 Å². The topological polar surface area (TPSA) is 63.8 Å². The van der Waals surface area contributed by atoms with Gasteiger partial charge in [0.2, 0.25) is 0 Å². The summed E-state index contributed by atoms with van der Waals surface area (Å²) in [5.74, 6) is 0. The lowest BCUT2D eigenvalue weighted by atomic mass is 10.0. The average molecular weight is 228 g/mol. The van der Waals surface area contributed by atoms with Gasteiger partial charge in [-0.1, -0.05) is 6.07 Å². The molecule has 0 aromatic carbocycles. The highest BCUT2D eigenvalue weighted by Crippen LogP contribution is 2.21. The first-order valence-corrected chi connectivity index (χ1v) is 5.58. The van der Waals surface area contributed by atoms with E-state index < -0.39 is 0 Å². The quantitative estimate of drug-likeness (QED) is 0.833. The first-order chi connectivity index (χ1) is 8.31. The van der Waals surface area contributed by atoms with E-state index in [0.29, 0.717) is 0 Å². The van der Waals surface area contributed by atoms with Gasteiger partial charge in [-0.25, -0.2) is 0 Å². The van der Waals surface area contributed by atoms with E-state index in [1.807, 2.05) is 31.3 Å². The van der Waals surface area contributed by atoms with Gasteiger partial charge in [-0.05, 0) is 25.2 Å². The Morgan fingerprint density at radius 3 is 2.82 bits per heavy atom. The van der Waals surface area contributed by atoms with Crippen molar-refractivity contribution in [3.05, 3.63) is 54.1 Å². The summed E-state index contributed by atoms with van der Waals surface area (Å²) in [6.07, 6.45) is 6.10. The Kier molecular flexibility index (Phi) is 3.67. The summed E-state index contributed by atoms with van der Waals surface area (Å²) in [4.78, 5) is 8.44. The van der Waals surface area contributed by atoms with Crippen LogP contribution in [0, 0.1) is 0 Å². The maximum Gasteiger partial charge on any atom is 0.0422 e. The molecule has 0 fully saturated rings. The van der Waals surface area contributed by atoms with Crippen LogP contribution in [0.15, 0.2) is 42.9 Å². The Morgan fingerprint density at radius 1 is 1.29 bits per heavy atom. The van der Waals surface area contributed by atoms with Crippen molar-refractivity contribution in [3.63, 3.8) is 0 Å². The second-order valence-electron chi connectivity index (χ2n) is 3.87. The van der Waals surface area contributed by atoms with Crippen LogP contribution in [0.3, 0.4) is 0 Å². The molecule has 88 valence electrons. The number of nitrogens with two attached hydrogens (primary N) is 1. The molecule has 0 amide bonds. The van der Waals surface area contributed by atoms with Gasteiger partial charge >= 0.3 is 0 Å². The smallest absolute Gasteiger partial charge is 0.0422 e. The van der Waals surface area contributed by atoms with E-state index in [1.165, 1.54) is 0 Å². The Hall–Kier alpha value is -1.94. The lowest BCUT2D eigenvalue weighted by Crippen LogP contribution is -2.20. The van der Waals surface area contributed by atoms with Gasteiger partial charge in [0.1, 0.15) is 0 Å². The van der Waals surface area contributed by atoms with Crippen LogP contribution in [0.5, 0.6) is 0 Å². The number of nitrogen functional groups attached to an aromatic ring is 1. The molecule has 2 rings (SSSR count). The molecule has 0 aliphatic heterocycles. The van der Waals surface area contributed by atoms with Crippen molar-refractivity contribution >= 4 is 5.69 Å². The third-order valence-electron chi connectivity index (χ3n) is 2.75. The van der Waals surface area contributed by atoms with Gasteiger partial charge in [-0.3, -0.25) is 9.97 Å². The summed E-state index contributed by atoms with van der Waals surface area (Å²) < 4.78 is 0. The normalized spacial score (nSPS) is 12.3. The standard InChI is InChI=1S/C13H16N4/c1-15-13(8-10-4-2-3-6-17-10)11-9-16-7-5-12(11)14/h2-7,9,13,15H,8H2,1H3,(H2,14,16). The lowest BCUT2D eigenvalue weighted by molar-refractivity contribution is 0.584. The molecule has 0 aliphatic rings. The summed E-state index contributed by atoms with van der Waals surface area (Å²) in [6, 6.07) is 7.87. The highest BCUT2D eigenvalue weighted by molar-refractivity contribution is 5.46. The zero-order valence-electron chi connectivity index (χ0n) is 9.80. The number of aromatic nitrogens is 2. The Morgan fingerprint density at radius 2 is 2.18 bits per heavy atom. The predicted octanol–water partition coefficient (Wildman–Crippen LogP) is 1.56. The van der Waals surface area contributed by atoms with E-state index in [2.05, 4.69) is 15.3 Å². The SMILES string of the molecule is CNC(Cc1ccccn1)c1cnccc1N. The molecule has 0 saturated carbocycles. The average Bonchev–Trinajstić information content (AvgIpc) is 2.38. The van der Waals surface area contributed by atoms with Gasteiger partial charge in [-0.15, -0.1) is 0 Å². The summed E-state index contributed by atoms with van der Waals surface area (Å²) in [7, 11) is 1.92. The molecule has 2 heterocycles. The van der Waals surface area contributed by atoms with Crippen molar-refractivity contribution < 1.29 is 0 Å². The fraction of sp³-hybridized carbons (Fsp3) is 0.231. The second kappa shape index (κ2) is 5.41. The van der Waals surface area contributed by atoms with Gasteiger partial charge in [0.15, 0.2) is 0 Å². The Bertz CT molecular complexity index is 470. The van der Waals surface area contributed by atoms with Crippen LogP contribution in [-0.2, 0) is 6.42 Å². The molecule has 17 heavy (non-hydrogen) atoms. The molecule has 2 aromatic rings. The molecule has 0 saturated heterocycles. The van der Waals surface area contributed by atoms with E-state index in [9.17, 15) is 0 Å². The molecule has 1 unspecified atom stereocenters. The fourth-order valence-electron chi connectivity index (χ4n) is 1.80. The van der Waals surface area contributed by atoms with Gasteiger partial charge in [0, 0.05) is 48.0 Å². The number of likely N-dealkylation sites (N-methyl/N-ethyl adjacent to an activating group) is 1. The first-order valence-electron chi connectivity index (χ1n) is 5.58. The van der Waals surface area contributed by atoms with Crippen molar-refractivity contribution in [3.8, 4) is 0 Å². The van der Waals surface area contributed by atoms with Gasteiger partial charge in [-0.2, -0.15) is 0 Å². The molecule has 3 N–H and O–H groups in total. The monoisotopic (exact) mass is 228 g/mol. The molecule has 0 aliphatic carbocycles. The molecule has 0 bridgehead atoms. The highest BCUT2D eigenvalue weighted by atomic mass is 14.9. The number of rotatable bonds is 4. The van der Waals surface area contributed by atoms with E-state index >= 15 is 0 Å².